The van der Waals surface area contributed by atoms with Crippen molar-refractivity contribution in [2.24, 2.45) is 5.73 Å². The van der Waals surface area contributed by atoms with Gasteiger partial charge in [-0.05, 0) is 0 Å². The van der Waals surface area contributed by atoms with Gasteiger partial charge in [0.15, 0.2) is 0 Å². The van der Waals surface area contributed by atoms with E-state index in [1.807, 2.05) is 0 Å². The van der Waals surface area contributed by atoms with E-state index in [2.05, 4.69) is 9.92 Å². The fourth-order valence-corrected chi connectivity index (χ4v) is 0.686. The lowest BCUT2D eigenvalue weighted by Gasteiger charge is -1.96. The first kappa shape index (κ1) is 17.7. The minimum absolute atomic E-state index is 0.547. The number of hydrogen-bond acceptors (Lipinski definition) is 7. The minimum atomic E-state index is -4.81. The summed E-state index contributed by atoms with van der Waals surface area (Å²) >= 11 is 0. The van der Waals surface area contributed by atoms with Crippen LogP contribution in [0, 0.1) is 0 Å². The van der Waals surface area contributed by atoms with Gasteiger partial charge in [0, 0.05) is 0 Å². The average molecular weight is 273 g/mol. The molecule has 0 radical (unpaired) electrons. The van der Waals surface area contributed by atoms with Gasteiger partial charge in [-0.15, -0.1) is 0 Å². The van der Waals surface area contributed by atoms with E-state index in [-0.39, 0.29) is 0 Å². The number of aliphatic hydroxyl groups excluding tert-OH is 1. The second-order valence-electron chi connectivity index (χ2n) is 2.40. The molecule has 0 aliphatic carbocycles. The number of carboxylic acid groups (broad SMARTS) is 1. The molecule has 0 atom stereocenters. The maximum absolute atomic E-state index is 10.3. The predicted octanol–water partition coefficient (Wildman–Crippen LogP) is -2.34. The lowest BCUT2D eigenvalue weighted by atomic mass is 10.3. The molecule has 0 unspecified atom stereocenters. The number of rotatable bonds is 5. The Kier molecular flexibility index (Phi) is 8.77. The molecule has 0 rings (SSSR count). The number of aliphatic carboxylic acids is 1. The first-order chi connectivity index (χ1) is 7.58. The molecule has 1 amide bonds. The fraction of sp³-hybridized carbons (Fsp3) is 0.500. The fourth-order valence-electron chi connectivity index (χ4n) is 0.368. The molecule has 0 saturated heterocycles. The molecule has 0 aromatic rings. The molecule has 0 aromatic carbocycles. The third kappa shape index (κ3) is 20.4. The van der Waals surface area contributed by atoms with Crippen LogP contribution >= 0.6 is 0 Å². The van der Waals surface area contributed by atoms with Crippen LogP contribution in [-0.4, -0.2) is 47.6 Å². The van der Waals surface area contributed by atoms with Crippen LogP contribution in [0.5, 0.6) is 0 Å². The monoisotopic (exact) mass is 273 g/mol. The largest absolute Gasteiger partial charge is 0.481 e. The number of carboxylic acids is 1. The molecular formula is C6H11NO9S. The van der Waals surface area contributed by atoms with Crippen molar-refractivity contribution in [3.05, 3.63) is 0 Å². The summed E-state index contributed by atoms with van der Waals surface area (Å²) in [5.74, 6) is -3.26. The summed E-state index contributed by atoms with van der Waals surface area (Å²) in [5.41, 5.74) is 4.40. The predicted molar refractivity (Wildman–Crippen MR) is 50.8 cm³/mol. The van der Waals surface area contributed by atoms with E-state index in [1.54, 1.807) is 0 Å². The topological polar surface area (TPSA) is 181 Å². The van der Waals surface area contributed by atoms with Gasteiger partial charge in [-0.2, -0.15) is 8.42 Å². The van der Waals surface area contributed by atoms with E-state index < -0.39 is 47.7 Å². The van der Waals surface area contributed by atoms with E-state index in [9.17, 15) is 22.8 Å². The lowest BCUT2D eigenvalue weighted by molar-refractivity contribution is -0.142. The summed E-state index contributed by atoms with van der Waals surface area (Å²) in [5, 5.41) is 15.7. The highest BCUT2D eigenvalue weighted by Crippen LogP contribution is 1.96. The number of aliphatic hydroxyl groups is 1. The van der Waals surface area contributed by atoms with Gasteiger partial charge in [-0.1, -0.05) is 0 Å². The van der Waals surface area contributed by atoms with Crippen LogP contribution in [0.1, 0.15) is 12.8 Å². The van der Waals surface area contributed by atoms with E-state index in [1.165, 1.54) is 0 Å². The molecule has 0 heterocycles. The van der Waals surface area contributed by atoms with Crippen LogP contribution in [0.4, 0.5) is 0 Å². The van der Waals surface area contributed by atoms with Crippen molar-refractivity contribution < 1.29 is 41.8 Å². The van der Waals surface area contributed by atoms with Gasteiger partial charge < -0.3 is 20.1 Å². The van der Waals surface area contributed by atoms with Crippen LogP contribution in [-0.2, 0) is 29.0 Å². The van der Waals surface area contributed by atoms with Crippen LogP contribution in [0.15, 0.2) is 0 Å². The Morgan fingerprint density at radius 1 is 1.18 bits per heavy atom. The van der Waals surface area contributed by atoms with Gasteiger partial charge in [-0.25, -0.2) is 0 Å². The van der Waals surface area contributed by atoms with E-state index in [0.29, 0.717) is 0 Å². The molecule has 0 aliphatic heterocycles. The van der Waals surface area contributed by atoms with Gasteiger partial charge in [0.1, 0.15) is 6.61 Å². The summed E-state index contributed by atoms with van der Waals surface area (Å²) in [6.45, 7) is -0.556. The Bertz CT molecular complexity index is 373. The maximum atomic E-state index is 10.3. The second kappa shape index (κ2) is 8.43. The number of carbonyl (C=O) groups is 3. The highest BCUT2D eigenvalue weighted by molar-refractivity contribution is 7.81. The molecule has 0 spiro atoms. The number of primary amides is 1. The van der Waals surface area contributed by atoms with E-state index in [0.717, 1.165) is 0 Å². The number of hydrogen-bond donors (Lipinski definition) is 4. The summed E-state index contributed by atoms with van der Waals surface area (Å²) < 4.78 is 31.1. The zero-order valence-electron chi connectivity index (χ0n) is 8.40. The number of amides is 1. The summed E-state index contributed by atoms with van der Waals surface area (Å²) in [6.07, 6.45) is -1.15. The number of nitrogens with two attached hydrogens (primary N) is 1. The first-order valence-electron chi connectivity index (χ1n) is 3.89. The average Bonchev–Trinajstić information content (AvgIpc) is 2.13. The van der Waals surface area contributed by atoms with Crippen LogP contribution in [0.2, 0.25) is 0 Å². The summed E-state index contributed by atoms with van der Waals surface area (Å²) in [6, 6.07) is 0. The highest BCUT2D eigenvalue weighted by Gasteiger charge is 2.13. The minimum Gasteiger partial charge on any atom is -0.481 e. The molecule has 0 saturated carbocycles. The van der Waals surface area contributed by atoms with Gasteiger partial charge in [0.2, 0.25) is 5.91 Å². The molecule has 0 aliphatic rings. The van der Waals surface area contributed by atoms with E-state index >= 15 is 0 Å². The Morgan fingerprint density at radius 3 is 1.82 bits per heavy atom. The zero-order valence-corrected chi connectivity index (χ0v) is 9.21. The van der Waals surface area contributed by atoms with Gasteiger partial charge >= 0.3 is 22.3 Å². The smallest absolute Gasteiger partial charge is 0.448 e. The van der Waals surface area contributed by atoms with Gasteiger partial charge in [0.25, 0.3) is 0 Å². The van der Waals surface area contributed by atoms with Crippen molar-refractivity contribution in [1.29, 1.82) is 0 Å². The van der Waals surface area contributed by atoms with Crippen molar-refractivity contribution in [3.63, 3.8) is 0 Å². The summed E-state index contributed by atoms with van der Waals surface area (Å²) in [4.78, 5) is 29.5. The molecule has 100 valence electrons. The third-order valence-corrected chi connectivity index (χ3v) is 1.29. The molecule has 0 bridgehead atoms. The Labute approximate surface area is 95.9 Å². The van der Waals surface area contributed by atoms with Crippen molar-refractivity contribution in [3.8, 4) is 0 Å². The SMILES string of the molecule is NC(=O)CO.O=C(O)CCC(=O)OS(=O)(=O)O. The summed E-state index contributed by atoms with van der Waals surface area (Å²) in [7, 11) is -4.81. The van der Waals surface area contributed by atoms with Crippen molar-refractivity contribution in [2.45, 2.75) is 12.8 Å². The van der Waals surface area contributed by atoms with Crippen LogP contribution < -0.4 is 5.73 Å². The molecule has 5 N–H and O–H groups in total. The van der Waals surface area contributed by atoms with Crippen LogP contribution in [0.25, 0.3) is 0 Å². The van der Waals surface area contributed by atoms with Crippen molar-refractivity contribution in [1.82, 2.24) is 0 Å². The normalized spacial score (nSPS) is 9.76. The van der Waals surface area contributed by atoms with Crippen molar-refractivity contribution in [2.75, 3.05) is 6.61 Å². The first-order valence-corrected chi connectivity index (χ1v) is 5.25. The Balaban J connectivity index is 0. The highest BCUT2D eigenvalue weighted by atomic mass is 32.3. The lowest BCUT2D eigenvalue weighted by Crippen LogP contribution is -2.14. The molecule has 11 heteroatoms. The Morgan fingerprint density at radius 2 is 1.59 bits per heavy atom. The molecule has 17 heavy (non-hydrogen) atoms. The van der Waals surface area contributed by atoms with Gasteiger partial charge in [-0.3, -0.25) is 18.9 Å². The zero-order chi connectivity index (χ0) is 14.1. The van der Waals surface area contributed by atoms with E-state index in [4.69, 9.17) is 14.8 Å². The Hall–Kier alpha value is -1.72. The van der Waals surface area contributed by atoms with Crippen molar-refractivity contribution >= 4 is 28.2 Å². The number of carbonyl (C=O) groups excluding carboxylic acids is 2. The molecule has 10 nitrogen and oxygen atoms in total. The standard InChI is InChI=1S/C4H6O7S.C2H5NO2/c5-3(6)1-2-4(7)11-12(8,9)10;3-2(5)1-4/h1-2H2,(H,5,6)(H,8,9,10);4H,1H2,(H2,3,5). The molecular weight excluding hydrogens is 262 g/mol. The second-order valence-corrected chi connectivity index (χ2v) is 3.42. The van der Waals surface area contributed by atoms with Crippen LogP contribution in [0.3, 0.4) is 0 Å². The molecule has 0 aromatic heterocycles. The quantitative estimate of drug-likeness (QED) is 0.399. The van der Waals surface area contributed by atoms with Gasteiger partial charge in [0.05, 0.1) is 12.8 Å². The molecule has 0 fully saturated rings. The maximum Gasteiger partial charge on any atom is 0.448 e. The third-order valence-electron chi connectivity index (χ3n) is 0.897.